The molecule has 24 heavy (non-hydrogen) atoms. The number of halogens is 3. The lowest BCUT2D eigenvalue weighted by Crippen LogP contribution is -2.26. The second-order valence-electron chi connectivity index (χ2n) is 5.68. The van der Waals surface area contributed by atoms with E-state index < -0.39 is 0 Å². The number of hydrogen-bond acceptors (Lipinski definition) is 2. The van der Waals surface area contributed by atoms with Crippen LogP contribution in [0.1, 0.15) is 24.0 Å². The van der Waals surface area contributed by atoms with Crippen molar-refractivity contribution in [2.45, 2.75) is 19.4 Å². The Kier molecular flexibility index (Phi) is 5.88. The van der Waals surface area contributed by atoms with E-state index in [2.05, 4.69) is 4.90 Å². The summed E-state index contributed by atoms with van der Waals surface area (Å²) >= 11 is 24.2. The van der Waals surface area contributed by atoms with Crippen LogP contribution < -0.4 is 4.74 Å². The molecule has 1 heterocycles. The Morgan fingerprint density at radius 1 is 1.00 bits per heavy atom. The number of benzene rings is 2. The molecule has 2 aromatic rings. The molecule has 0 amide bonds. The molecule has 0 radical (unpaired) electrons. The van der Waals surface area contributed by atoms with Crippen molar-refractivity contribution in [3.05, 3.63) is 62.6 Å². The van der Waals surface area contributed by atoms with Crippen LogP contribution in [0.25, 0.3) is 0 Å². The molecule has 0 unspecified atom stereocenters. The highest BCUT2D eigenvalue weighted by atomic mass is 35.5. The molecule has 1 aliphatic heterocycles. The summed E-state index contributed by atoms with van der Waals surface area (Å²) in [5.41, 5.74) is 1.85. The van der Waals surface area contributed by atoms with E-state index in [0.29, 0.717) is 27.4 Å². The van der Waals surface area contributed by atoms with E-state index in [1.54, 1.807) is 0 Å². The maximum absolute atomic E-state index is 6.37. The first-order valence-corrected chi connectivity index (χ1v) is 9.24. The molecule has 0 aliphatic carbocycles. The van der Waals surface area contributed by atoms with Gasteiger partial charge in [0.15, 0.2) is 5.75 Å². The lowest BCUT2D eigenvalue weighted by Gasteiger charge is -2.20. The molecule has 0 spiro atoms. The molecule has 0 saturated carbocycles. The minimum absolute atomic E-state index is 0.368. The average molecular weight is 401 g/mol. The van der Waals surface area contributed by atoms with Gasteiger partial charge in [-0.1, -0.05) is 59.2 Å². The van der Waals surface area contributed by atoms with Crippen LogP contribution in [0, 0.1) is 0 Å². The number of rotatable bonds is 4. The summed E-state index contributed by atoms with van der Waals surface area (Å²) in [5.74, 6) is 0.473. The molecule has 2 nitrogen and oxygen atoms in total. The first kappa shape index (κ1) is 17.8. The van der Waals surface area contributed by atoms with Gasteiger partial charge in [0.2, 0.25) is 0 Å². The topological polar surface area (TPSA) is 12.5 Å². The predicted molar refractivity (Wildman–Crippen MR) is 105 cm³/mol. The third kappa shape index (κ3) is 4.15. The third-order valence-corrected chi connectivity index (χ3v) is 5.24. The van der Waals surface area contributed by atoms with Crippen LogP contribution in [0.3, 0.4) is 0 Å². The van der Waals surface area contributed by atoms with Gasteiger partial charge in [0.25, 0.3) is 0 Å². The highest BCUT2D eigenvalue weighted by Crippen LogP contribution is 2.35. The fourth-order valence-electron chi connectivity index (χ4n) is 2.66. The van der Waals surface area contributed by atoms with E-state index in [1.807, 2.05) is 36.4 Å². The Labute approximate surface area is 162 Å². The summed E-state index contributed by atoms with van der Waals surface area (Å²) in [6, 6.07) is 11.1. The van der Waals surface area contributed by atoms with E-state index in [4.69, 9.17) is 51.8 Å². The zero-order valence-corrected chi connectivity index (χ0v) is 16.0. The van der Waals surface area contributed by atoms with E-state index in [9.17, 15) is 0 Å². The summed E-state index contributed by atoms with van der Waals surface area (Å²) < 4.78 is 5.79. The lowest BCUT2D eigenvalue weighted by atomic mass is 10.2. The first-order chi connectivity index (χ1) is 11.5. The van der Waals surface area contributed by atoms with Crippen LogP contribution in [-0.2, 0) is 6.61 Å². The maximum atomic E-state index is 6.37. The Balaban J connectivity index is 1.74. The molecule has 0 atom stereocenters. The highest BCUT2D eigenvalue weighted by molar-refractivity contribution is 7.80. The fraction of sp³-hybridized carbons (Fsp3) is 0.278. The largest absolute Gasteiger partial charge is 0.486 e. The molecule has 0 N–H and O–H groups in total. The van der Waals surface area contributed by atoms with Gasteiger partial charge in [-0.3, -0.25) is 0 Å². The van der Waals surface area contributed by atoms with Crippen molar-refractivity contribution in [1.29, 1.82) is 0 Å². The SMILES string of the molecule is S=C(c1cc(Cl)c(OCc2ccc(Cl)cc2)c(Cl)c1)N1CCCC1. The van der Waals surface area contributed by atoms with Crippen molar-refractivity contribution in [2.24, 2.45) is 0 Å². The average Bonchev–Trinajstić information content (AvgIpc) is 3.09. The van der Waals surface area contributed by atoms with E-state index in [1.165, 1.54) is 12.8 Å². The Hall–Kier alpha value is -1.00. The number of hydrogen-bond donors (Lipinski definition) is 0. The molecular formula is C18H16Cl3NOS. The monoisotopic (exact) mass is 399 g/mol. The fourth-order valence-corrected chi connectivity index (χ4v) is 3.68. The van der Waals surface area contributed by atoms with Crippen molar-refractivity contribution < 1.29 is 4.74 Å². The van der Waals surface area contributed by atoms with Crippen LogP contribution >= 0.6 is 47.0 Å². The Morgan fingerprint density at radius 2 is 1.58 bits per heavy atom. The molecule has 1 saturated heterocycles. The quantitative estimate of drug-likeness (QED) is 0.584. The van der Waals surface area contributed by atoms with Crippen molar-refractivity contribution in [3.63, 3.8) is 0 Å². The van der Waals surface area contributed by atoms with E-state index >= 15 is 0 Å². The maximum Gasteiger partial charge on any atom is 0.157 e. The van der Waals surface area contributed by atoms with Gasteiger partial charge >= 0.3 is 0 Å². The standard InChI is InChI=1S/C18H16Cl3NOS/c19-14-5-3-12(4-6-14)11-23-17-15(20)9-13(10-16(17)21)18(24)22-7-1-2-8-22/h3-6,9-10H,1-2,7-8,11H2. The van der Waals surface area contributed by atoms with Gasteiger partial charge in [-0.15, -0.1) is 0 Å². The summed E-state index contributed by atoms with van der Waals surface area (Å²) in [4.78, 5) is 2.98. The minimum atomic E-state index is 0.368. The zero-order valence-electron chi connectivity index (χ0n) is 12.9. The van der Waals surface area contributed by atoms with Gasteiger partial charge in [-0.2, -0.15) is 0 Å². The molecule has 2 aromatic carbocycles. The summed E-state index contributed by atoms with van der Waals surface area (Å²) in [7, 11) is 0. The predicted octanol–water partition coefficient (Wildman–Crippen LogP) is 6.00. The number of ether oxygens (including phenoxy) is 1. The second-order valence-corrected chi connectivity index (χ2v) is 7.32. The van der Waals surface area contributed by atoms with Gasteiger partial charge in [0.05, 0.1) is 10.0 Å². The molecule has 3 rings (SSSR count). The van der Waals surface area contributed by atoms with E-state index in [-0.39, 0.29) is 0 Å². The summed E-state index contributed by atoms with van der Waals surface area (Å²) in [5, 5.41) is 1.62. The number of nitrogens with zero attached hydrogens (tertiary/aromatic N) is 1. The third-order valence-electron chi connectivity index (χ3n) is 3.93. The van der Waals surface area contributed by atoms with Gasteiger partial charge in [0, 0.05) is 23.7 Å². The van der Waals surface area contributed by atoms with Crippen LogP contribution in [0.4, 0.5) is 0 Å². The van der Waals surface area contributed by atoms with Gasteiger partial charge in [-0.25, -0.2) is 0 Å². The minimum Gasteiger partial charge on any atom is -0.486 e. The summed E-state index contributed by atoms with van der Waals surface area (Å²) in [6.07, 6.45) is 2.34. The van der Waals surface area contributed by atoms with E-state index in [0.717, 1.165) is 29.2 Å². The van der Waals surface area contributed by atoms with Gasteiger partial charge < -0.3 is 9.64 Å². The Bertz CT molecular complexity index is 719. The second kappa shape index (κ2) is 7.92. The number of thiocarbonyl (C=S) groups is 1. The Morgan fingerprint density at radius 3 is 2.17 bits per heavy atom. The molecule has 126 valence electrons. The molecule has 6 heteroatoms. The molecule has 0 bridgehead atoms. The highest BCUT2D eigenvalue weighted by Gasteiger charge is 2.19. The normalized spacial score (nSPS) is 14.0. The van der Waals surface area contributed by atoms with Crippen LogP contribution in [0.5, 0.6) is 5.75 Å². The molecule has 1 fully saturated rings. The van der Waals surface area contributed by atoms with Crippen molar-refractivity contribution in [1.82, 2.24) is 4.90 Å². The van der Waals surface area contributed by atoms with Crippen LogP contribution in [0.15, 0.2) is 36.4 Å². The molecular weight excluding hydrogens is 385 g/mol. The first-order valence-electron chi connectivity index (χ1n) is 7.70. The van der Waals surface area contributed by atoms with Gasteiger partial charge in [0.1, 0.15) is 11.6 Å². The molecule has 0 aromatic heterocycles. The zero-order chi connectivity index (χ0) is 17.1. The van der Waals surface area contributed by atoms with Crippen molar-refractivity contribution >= 4 is 52.0 Å². The summed E-state index contributed by atoms with van der Waals surface area (Å²) in [6.45, 7) is 2.35. The van der Waals surface area contributed by atoms with Crippen molar-refractivity contribution in [2.75, 3.05) is 13.1 Å². The smallest absolute Gasteiger partial charge is 0.157 e. The van der Waals surface area contributed by atoms with Crippen LogP contribution in [-0.4, -0.2) is 23.0 Å². The lowest BCUT2D eigenvalue weighted by molar-refractivity contribution is 0.306. The van der Waals surface area contributed by atoms with Crippen molar-refractivity contribution in [3.8, 4) is 5.75 Å². The van der Waals surface area contributed by atoms with Gasteiger partial charge in [-0.05, 0) is 42.7 Å². The van der Waals surface area contributed by atoms with Crippen LogP contribution in [0.2, 0.25) is 15.1 Å². The molecule has 1 aliphatic rings. The number of likely N-dealkylation sites (tertiary alicyclic amines) is 1.